The lowest BCUT2D eigenvalue weighted by atomic mass is 9.50. The summed E-state index contributed by atoms with van der Waals surface area (Å²) < 4.78 is 22.3. The van der Waals surface area contributed by atoms with E-state index in [1.165, 1.54) is 32.1 Å². The van der Waals surface area contributed by atoms with Crippen molar-refractivity contribution in [2.45, 2.75) is 38.0 Å². The molecule has 9 heteroatoms. The van der Waals surface area contributed by atoms with Gasteiger partial charge in [-0.1, -0.05) is 47.8 Å². The van der Waals surface area contributed by atoms with Gasteiger partial charge in [0.1, 0.15) is 11.5 Å². The van der Waals surface area contributed by atoms with Gasteiger partial charge in [-0.25, -0.2) is 0 Å². The maximum absolute atomic E-state index is 6.67. The minimum absolute atomic E-state index is 0.357. The topological polar surface area (TPSA) is 106 Å². The van der Waals surface area contributed by atoms with Crippen LogP contribution in [-0.2, 0) is 0 Å². The molecule has 4 saturated carbocycles. The van der Waals surface area contributed by atoms with Gasteiger partial charge in [0, 0.05) is 25.0 Å². The largest absolute Gasteiger partial charge is 0.455 e. The zero-order valence-electron chi connectivity index (χ0n) is 23.4. The van der Waals surface area contributed by atoms with Gasteiger partial charge in [-0.05, 0) is 122 Å². The third-order valence-corrected chi connectivity index (χ3v) is 10.7. The summed E-state index contributed by atoms with van der Waals surface area (Å²) in [5, 5.41) is 0. The quantitative estimate of drug-likeness (QED) is 0.162. The van der Waals surface area contributed by atoms with E-state index < -0.39 is 0 Å². The second kappa shape index (κ2) is 11.6. The van der Waals surface area contributed by atoms with Crippen LogP contribution in [0.5, 0.6) is 34.5 Å². The Bertz CT molecular complexity index is 1680. The Balaban J connectivity index is 1.38. The Hall–Kier alpha value is -2.88. The molecular formula is C34H32Br3N3O3. The standard InChI is InChI=1S/C34H32Br3N3O3/c35-21-1-4-28(25(38)12-21)41-31-16-33(43-30-6-3-23(37)14-27(30)40)32(42-29-5-2-22(36)13-26(29)39)15-24(31)34-19-8-17-7-18(10-19)11-20(34)9-17/h1-6,12-20,34H,7-11,38-40H2. The van der Waals surface area contributed by atoms with Gasteiger partial charge in [0.05, 0.1) is 17.1 Å². The zero-order chi connectivity index (χ0) is 29.8. The molecule has 6 nitrogen and oxygen atoms in total. The number of ether oxygens (including phenoxy) is 3. The average Bonchev–Trinajstić information content (AvgIpc) is 2.94. The highest BCUT2D eigenvalue weighted by atomic mass is 79.9. The summed E-state index contributed by atoms with van der Waals surface area (Å²) in [6.45, 7) is 0. The fraction of sp³-hybridized carbons (Fsp3) is 0.294. The smallest absolute Gasteiger partial charge is 0.173 e. The zero-order valence-corrected chi connectivity index (χ0v) is 28.1. The molecule has 0 heterocycles. The lowest BCUT2D eigenvalue weighted by Gasteiger charge is -2.54. The first-order valence-corrected chi connectivity index (χ1v) is 16.9. The number of benzene rings is 4. The fourth-order valence-electron chi connectivity index (χ4n) is 7.69. The van der Waals surface area contributed by atoms with E-state index in [1.54, 1.807) is 0 Å². The molecule has 0 amide bonds. The van der Waals surface area contributed by atoms with E-state index in [1.807, 2.05) is 60.7 Å². The number of nitrogens with two attached hydrogens (primary N) is 3. The van der Waals surface area contributed by atoms with Crippen molar-refractivity contribution in [3.05, 3.63) is 85.7 Å². The molecule has 0 radical (unpaired) electrons. The molecule has 222 valence electrons. The van der Waals surface area contributed by atoms with E-state index in [9.17, 15) is 0 Å². The van der Waals surface area contributed by atoms with Crippen LogP contribution in [0.2, 0.25) is 0 Å². The van der Waals surface area contributed by atoms with Gasteiger partial charge >= 0.3 is 0 Å². The molecule has 4 aromatic rings. The van der Waals surface area contributed by atoms with Crippen molar-refractivity contribution < 1.29 is 14.2 Å². The van der Waals surface area contributed by atoms with Crippen molar-refractivity contribution in [1.82, 2.24) is 0 Å². The molecule has 4 aliphatic carbocycles. The second-order valence-electron chi connectivity index (χ2n) is 12.1. The van der Waals surface area contributed by atoms with Crippen molar-refractivity contribution in [3.63, 3.8) is 0 Å². The number of hydrogen-bond donors (Lipinski definition) is 3. The van der Waals surface area contributed by atoms with E-state index in [2.05, 4.69) is 53.9 Å². The van der Waals surface area contributed by atoms with Gasteiger partial charge in [0.2, 0.25) is 0 Å². The maximum Gasteiger partial charge on any atom is 0.173 e. The molecule has 0 saturated heterocycles. The van der Waals surface area contributed by atoms with Gasteiger partial charge in [0.15, 0.2) is 23.0 Å². The number of nitrogen functional groups attached to an aromatic ring is 3. The third kappa shape index (κ3) is 5.83. The molecule has 0 aromatic heterocycles. The molecule has 0 unspecified atom stereocenters. The maximum atomic E-state index is 6.67. The molecule has 4 fully saturated rings. The Morgan fingerprint density at radius 3 is 1.28 bits per heavy atom. The summed E-state index contributed by atoms with van der Waals surface area (Å²) in [6, 6.07) is 20.8. The molecule has 4 aliphatic rings. The Kier molecular flexibility index (Phi) is 7.76. The summed E-state index contributed by atoms with van der Waals surface area (Å²) in [7, 11) is 0. The van der Waals surface area contributed by atoms with Gasteiger partial charge in [-0.15, -0.1) is 0 Å². The van der Waals surface area contributed by atoms with Crippen LogP contribution in [0.3, 0.4) is 0 Å². The van der Waals surface area contributed by atoms with Gasteiger partial charge in [-0.2, -0.15) is 0 Å². The average molecular weight is 770 g/mol. The van der Waals surface area contributed by atoms with Gasteiger partial charge in [-0.3, -0.25) is 0 Å². The summed E-state index contributed by atoms with van der Waals surface area (Å²) in [5.74, 6) is 6.63. The highest BCUT2D eigenvalue weighted by Gasteiger charge is 2.49. The summed E-state index contributed by atoms with van der Waals surface area (Å²) in [6.07, 6.45) is 6.45. The van der Waals surface area contributed by atoms with Crippen LogP contribution in [-0.4, -0.2) is 0 Å². The predicted octanol–water partition coefficient (Wildman–Crippen LogP) is 10.6. The Morgan fingerprint density at radius 1 is 0.465 bits per heavy atom. The molecule has 4 bridgehead atoms. The highest BCUT2D eigenvalue weighted by molar-refractivity contribution is 9.11. The molecule has 6 N–H and O–H groups in total. The van der Waals surface area contributed by atoms with Crippen LogP contribution >= 0.6 is 47.8 Å². The molecular weight excluding hydrogens is 738 g/mol. The fourth-order valence-corrected chi connectivity index (χ4v) is 8.83. The molecule has 43 heavy (non-hydrogen) atoms. The summed E-state index contributed by atoms with van der Waals surface area (Å²) >= 11 is 10.5. The van der Waals surface area contributed by atoms with E-state index in [-0.39, 0.29) is 0 Å². The van der Waals surface area contributed by atoms with Crippen molar-refractivity contribution in [3.8, 4) is 34.5 Å². The minimum Gasteiger partial charge on any atom is -0.455 e. The van der Waals surface area contributed by atoms with Gasteiger partial charge < -0.3 is 31.4 Å². The SMILES string of the molecule is Nc1cc(Br)ccc1Oc1cc(Oc2ccc(Br)cc2N)c(C2C3CC4CC(C3)CC2C4)cc1Oc1ccc(Br)cc1N. The van der Waals surface area contributed by atoms with Crippen LogP contribution in [0.25, 0.3) is 0 Å². The monoisotopic (exact) mass is 767 g/mol. The molecule has 8 rings (SSSR count). The number of anilines is 3. The van der Waals surface area contributed by atoms with Crippen LogP contribution in [0, 0.1) is 23.7 Å². The first-order chi connectivity index (χ1) is 20.7. The van der Waals surface area contributed by atoms with E-state index in [4.69, 9.17) is 31.4 Å². The lowest BCUT2D eigenvalue weighted by molar-refractivity contribution is -0.00341. The van der Waals surface area contributed by atoms with Crippen LogP contribution in [0.1, 0.15) is 43.6 Å². The van der Waals surface area contributed by atoms with Crippen molar-refractivity contribution in [2.75, 3.05) is 17.2 Å². The first-order valence-electron chi connectivity index (χ1n) is 14.6. The highest BCUT2D eigenvalue weighted by Crippen LogP contribution is 2.62. The molecule has 4 aromatic carbocycles. The number of hydrogen-bond acceptors (Lipinski definition) is 6. The Labute approximate surface area is 276 Å². The van der Waals surface area contributed by atoms with E-state index >= 15 is 0 Å². The lowest BCUT2D eigenvalue weighted by Crippen LogP contribution is -2.43. The molecule has 0 atom stereocenters. The van der Waals surface area contributed by atoms with E-state index in [0.717, 1.165) is 30.8 Å². The molecule has 0 spiro atoms. The van der Waals surface area contributed by atoms with E-state index in [0.29, 0.717) is 69.3 Å². The number of rotatable bonds is 7. The van der Waals surface area contributed by atoms with Crippen LogP contribution in [0.4, 0.5) is 17.1 Å². The molecule has 0 aliphatic heterocycles. The first kappa shape index (κ1) is 28.9. The normalized spacial score (nSPS) is 23.7. The van der Waals surface area contributed by atoms with Crippen molar-refractivity contribution in [2.24, 2.45) is 23.7 Å². The van der Waals surface area contributed by atoms with Crippen molar-refractivity contribution in [1.29, 1.82) is 0 Å². The number of halogens is 3. The third-order valence-electron chi connectivity index (χ3n) is 9.24. The summed E-state index contributed by atoms with van der Waals surface area (Å²) in [5.41, 5.74) is 21.8. The van der Waals surface area contributed by atoms with Crippen LogP contribution < -0.4 is 31.4 Å². The van der Waals surface area contributed by atoms with Crippen molar-refractivity contribution >= 4 is 64.9 Å². The Morgan fingerprint density at radius 2 is 0.860 bits per heavy atom. The minimum atomic E-state index is 0.357. The summed E-state index contributed by atoms with van der Waals surface area (Å²) in [4.78, 5) is 0. The second-order valence-corrected chi connectivity index (χ2v) is 14.9. The van der Waals surface area contributed by atoms with Crippen LogP contribution in [0.15, 0.2) is 80.1 Å². The predicted molar refractivity (Wildman–Crippen MR) is 182 cm³/mol. The van der Waals surface area contributed by atoms with Gasteiger partial charge in [0.25, 0.3) is 0 Å².